The maximum Gasteiger partial charge on any atom is 1.00 e. The zero-order chi connectivity index (χ0) is 40.6. The number of rotatable bonds is 12. The molecule has 0 saturated carbocycles. The number of phenols is 1. The Morgan fingerprint density at radius 3 is 1.83 bits per heavy atom. The van der Waals surface area contributed by atoms with Crippen LogP contribution in [0.15, 0.2) is 116 Å². The molecule has 0 saturated heterocycles. The molecule has 0 fully saturated rings. The Balaban J connectivity index is 0.00000310. The number of azo groups is 1. The van der Waals surface area contributed by atoms with Crippen molar-refractivity contribution >= 4 is 93.1 Å². The average Bonchev–Trinajstić information content (AvgIpc) is 3.10. The van der Waals surface area contributed by atoms with Crippen LogP contribution in [0, 0.1) is 0 Å². The Morgan fingerprint density at radius 1 is 0.610 bits per heavy atom. The molecule has 0 aliphatic heterocycles. The quantitative estimate of drug-likeness (QED) is 0.0384. The van der Waals surface area contributed by atoms with E-state index in [0.717, 1.165) is 12.1 Å². The number of hydrogen-bond donors (Lipinski definition) is 6. The molecule has 0 atom stereocenters. The largest absolute Gasteiger partial charge is 1.00 e. The summed E-state index contributed by atoms with van der Waals surface area (Å²) in [5, 5.41) is 45.4. The number of carboxylic acid groups (broad SMARTS) is 1. The molecule has 59 heavy (non-hydrogen) atoms. The predicted molar refractivity (Wildman–Crippen MR) is 191 cm³/mol. The maximum absolute atomic E-state index is 12.3. The van der Waals surface area contributed by atoms with E-state index in [0.29, 0.717) is 23.9 Å². The summed E-state index contributed by atoms with van der Waals surface area (Å²) in [5.74, 6) is -3.69. The van der Waals surface area contributed by atoms with Gasteiger partial charge >= 0.3 is 68.6 Å². The van der Waals surface area contributed by atoms with Gasteiger partial charge in [-0.05, 0) is 66.0 Å². The van der Waals surface area contributed by atoms with E-state index in [-0.39, 0.29) is 79.2 Å². The minimum absolute atomic E-state index is 0. The first-order valence-electron chi connectivity index (χ1n) is 15.2. The summed E-state index contributed by atoms with van der Waals surface area (Å²) in [7, 11) is -15.9. The standard InChI is InChI=1S/C32H24N8O13S3.3Li/c41-28-26-16(13-25(56(51,52)53)27(28)40-39-21-9-5-4-8-20(21)29(42)43)12-19(54(45,46)47)15-23(26)35-31-36-30(37-32(44)38-31)34-18-10-11-22(24(14-18)55(48,49)50)33-17-6-2-1-3-7-17;;;/h1-15,33,41H,(H,42,43)(H,45,46,47)(H,48,49,50)(H,51,52,53)(H3,34,35,36,37,38,44);;;/q;3*+1/p-3. The van der Waals surface area contributed by atoms with Crippen LogP contribution in [0.2, 0.25) is 0 Å². The number of nitrogens with zero attached hydrogens (tertiary/aromatic N) is 5. The van der Waals surface area contributed by atoms with E-state index < -0.39 is 96.8 Å². The fourth-order valence-corrected chi connectivity index (χ4v) is 6.99. The molecule has 288 valence electrons. The smallest absolute Gasteiger partial charge is 0.744 e. The Kier molecular flexibility index (Phi) is 15.5. The second-order valence-corrected chi connectivity index (χ2v) is 15.3. The summed E-state index contributed by atoms with van der Waals surface area (Å²) in [4.78, 5) is 20.1. The first-order chi connectivity index (χ1) is 26.3. The molecule has 1 heterocycles. The number of phenolic OH excluding ortho intramolecular Hbond substituents is 1. The third-order valence-electron chi connectivity index (χ3n) is 7.50. The maximum atomic E-state index is 12.3. The van der Waals surface area contributed by atoms with Crippen LogP contribution in [0.4, 0.5) is 46.0 Å². The molecule has 0 radical (unpaired) electrons. The molecule has 6 rings (SSSR count). The van der Waals surface area contributed by atoms with Crippen molar-refractivity contribution in [3.05, 3.63) is 96.6 Å². The van der Waals surface area contributed by atoms with Gasteiger partial charge in [-0.15, -0.1) is 10.2 Å². The second-order valence-electron chi connectivity index (χ2n) is 11.3. The zero-order valence-electron chi connectivity index (χ0n) is 30.5. The molecule has 1 aromatic heterocycles. The Morgan fingerprint density at radius 2 is 1.22 bits per heavy atom. The number of fused-ring (bicyclic) bond motifs is 1. The van der Waals surface area contributed by atoms with Crippen LogP contribution in [0.5, 0.6) is 11.8 Å². The van der Waals surface area contributed by atoms with Crippen LogP contribution in [0.25, 0.3) is 10.8 Å². The van der Waals surface area contributed by atoms with Gasteiger partial charge in [0.25, 0.3) is 0 Å². The van der Waals surface area contributed by atoms with E-state index in [9.17, 15) is 59.0 Å². The zero-order valence-corrected chi connectivity index (χ0v) is 33.0. The van der Waals surface area contributed by atoms with Gasteiger partial charge in [-0.3, -0.25) is 0 Å². The van der Waals surface area contributed by atoms with Crippen molar-refractivity contribution < 1.29 is 116 Å². The number of nitrogens with one attached hydrogen (secondary N) is 3. The number of aromatic hydroxyl groups is 2. The van der Waals surface area contributed by atoms with Crippen molar-refractivity contribution in [2.24, 2.45) is 10.2 Å². The van der Waals surface area contributed by atoms with E-state index in [1.165, 1.54) is 30.3 Å². The van der Waals surface area contributed by atoms with Gasteiger partial charge in [-0.1, -0.05) is 30.3 Å². The molecule has 5 aromatic carbocycles. The third kappa shape index (κ3) is 11.4. The average molecular weight is 843 g/mol. The second kappa shape index (κ2) is 18.9. The first kappa shape index (κ1) is 48.3. The normalized spacial score (nSPS) is 11.5. The monoisotopic (exact) mass is 842 g/mol. The molecule has 0 aliphatic carbocycles. The fraction of sp³-hybridized carbons (Fsp3) is 0. The topological polar surface area (TPSA) is 349 Å². The van der Waals surface area contributed by atoms with Gasteiger partial charge in [0.15, 0.2) is 5.75 Å². The van der Waals surface area contributed by atoms with Gasteiger partial charge in [-0.25, -0.2) is 30.0 Å². The number of aromatic carboxylic acids is 1. The van der Waals surface area contributed by atoms with Gasteiger partial charge < -0.3 is 44.9 Å². The van der Waals surface area contributed by atoms with Crippen molar-refractivity contribution in [2.75, 3.05) is 16.0 Å². The molecule has 21 nitrogen and oxygen atoms in total. The van der Waals surface area contributed by atoms with Gasteiger partial charge in [0.1, 0.15) is 41.7 Å². The molecule has 0 unspecified atom stereocenters. The van der Waals surface area contributed by atoms with Crippen LogP contribution < -0.4 is 72.5 Å². The van der Waals surface area contributed by atoms with Crippen molar-refractivity contribution in [1.29, 1.82) is 0 Å². The summed E-state index contributed by atoms with van der Waals surface area (Å²) in [5.41, 5.74) is -1.95. The SMILES string of the molecule is O=C(O)c1ccccc1N=Nc1c(S(=O)(=O)[O-])cc2cc(S(=O)(=O)[O-])cc(Nc3nc(O)nc(Nc4ccc(Nc5ccccc5)c(S(=O)(=O)[O-])c4)n3)c2c1O.[Li+].[Li+].[Li+]. The van der Waals surface area contributed by atoms with Crippen LogP contribution in [-0.2, 0) is 30.4 Å². The minimum Gasteiger partial charge on any atom is -0.744 e. The van der Waals surface area contributed by atoms with E-state index >= 15 is 0 Å². The number of carbonyl (C=O) groups is 1. The minimum atomic E-state index is -5.53. The van der Waals surface area contributed by atoms with E-state index in [4.69, 9.17) is 0 Å². The molecule has 27 heteroatoms. The Bertz CT molecular complexity index is 2950. The van der Waals surface area contributed by atoms with Crippen LogP contribution in [-0.4, -0.2) is 75.2 Å². The number of para-hydroxylation sites is 1. The van der Waals surface area contributed by atoms with Gasteiger partial charge in [0, 0.05) is 16.8 Å². The van der Waals surface area contributed by atoms with Crippen LogP contribution in [0.1, 0.15) is 10.4 Å². The summed E-state index contributed by atoms with van der Waals surface area (Å²) in [6, 6.07) is 17.8. The molecule has 6 N–H and O–H groups in total. The Hall–Kier alpha value is -5.04. The number of aromatic nitrogens is 3. The van der Waals surface area contributed by atoms with Crippen molar-refractivity contribution in [1.82, 2.24) is 15.0 Å². The van der Waals surface area contributed by atoms with Crippen LogP contribution in [0.3, 0.4) is 0 Å². The van der Waals surface area contributed by atoms with Crippen molar-refractivity contribution in [2.45, 2.75) is 14.7 Å². The fourth-order valence-electron chi connectivity index (χ4n) is 5.15. The number of benzene rings is 5. The van der Waals surface area contributed by atoms with E-state index in [1.807, 2.05) is 0 Å². The van der Waals surface area contributed by atoms with E-state index in [2.05, 4.69) is 41.1 Å². The van der Waals surface area contributed by atoms with Crippen molar-refractivity contribution in [3.8, 4) is 11.8 Å². The van der Waals surface area contributed by atoms with Crippen LogP contribution >= 0.6 is 0 Å². The first-order valence-corrected chi connectivity index (χ1v) is 19.4. The molecule has 0 spiro atoms. The molecule has 0 bridgehead atoms. The number of hydrogen-bond acceptors (Lipinski definition) is 20. The predicted octanol–water partition coefficient (Wildman–Crippen LogP) is -4.50. The number of anilines is 6. The summed E-state index contributed by atoms with van der Waals surface area (Å²) < 4.78 is 110. The van der Waals surface area contributed by atoms with E-state index in [1.54, 1.807) is 30.3 Å². The molecule has 0 amide bonds. The molecule has 0 aliphatic rings. The molecule has 6 aromatic rings. The van der Waals surface area contributed by atoms with Gasteiger partial charge in [0.05, 0.1) is 31.6 Å². The summed E-state index contributed by atoms with van der Waals surface area (Å²) in [6.07, 6.45) is 0. The van der Waals surface area contributed by atoms with Gasteiger partial charge in [0.2, 0.25) is 11.9 Å². The van der Waals surface area contributed by atoms with Gasteiger partial charge in [-0.2, -0.15) is 15.0 Å². The molecular weight excluding hydrogens is 821 g/mol. The van der Waals surface area contributed by atoms with Crippen molar-refractivity contribution in [3.63, 3.8) is 0 Å². The Labute approximate surface area is 370 Å². The summed E-state index contributed by atoms with van der Waals surface area (Å²) >= 11 is 0. The third-order valence-corrected chi connectivity index (χ3v) is 10.0. The molecular formula is C32H21Li3N8O13S3. The summed E-state index contributed by atoms with van der Waals surface area (Å²) in [6.45, 7) is 0. The number of carboxylic acids is 1.